The van der Waals surface area contributed by atoms with E-state index in [0.29, 0.717) is 11.6 Å². The summed E-state index contributed by atoms with van der Waals surface area (Å²) in [5, 5.41) is 9.07. The van der Waals surface area contributed by atoms with Gasteiger partial charge in [0.1, 0.15) is 5.76 Å². The fraction of sp³-hybridized carbons (Fsp3) is 0.368. The van der Waals surface area contributed by atoms with Gasteiger partial charge in [-0.15, -0.1) is 11.8 Å². The lowest BCUT2D eigenvalue weighted by Gasteiger charge is -2.17. The van der Waals surface area contributed by atoms with Crippen LogP contribution in [0.2, 0.25) is 0 Å². The first-order valence-corrected chi connectivity index (χ1v) is 9.82. The van der Waals surface area contributed by atoms with Gasteiger partial charge in [-0.3, -0.25) is 14.4 Å². The Morgan fingerprint density at radius 1 is 1.07 bits per heavy atom. The molecule has 2 rings (SSSR count). The lowest BCUT2D eigenvalue weighted by molar-refractivity contribution is -0.131. The Morgan fingerprint density at radius 2 is 1.82 bits per heavy atom. The lowest BCUT2D eigenvalue weighted by atomic mass is 10.1. The second-order valence-corrected chi connectivity index (χ2v) is 7.47. The molecule has 0 radical (unpaired) electrons. The summed E-state index contributed by atoms with van der Waals surface area (Å²) >= 11 is 1.17. The fourth-order valence-corrected chi connectivity index (χ4v) is 3.06. The number of hydrogen-bond acceptors (Lipinski definition) is 6. The van der Waals surface area contributed by atoms with E-state index in [4.69, 9.17) is 4.52 Å². The summed E-state index contributed by atoms with van der Waals surface area (Å²) in [6.45, 7) is 5.52. The molecule has 2 N–H and O–H groups in total. The number of carbonyl (C=O) groups excluding carboxylic acids is 3. The van der Waals surface area contributed by atoms with Gasteiger partial charge >= 0.3 is 0 Å². The minimum absolute atomic E-state index is 0.0583. The predicted octanol–water partition coefficient (Wildman–Crippen LogP) is 2.37. The molecule has 0 saturated heterocycles. The molecule has 9 heteroatoms. The molecule has 1 aromatic carbocycles. The van der Waals surface area contributed by atoms with Crippen molar-refractivity contribution in [2.75, 3.05) is 35.7 Å². The van der Waals surface area contributed by atoms with Crippen LogP contribution in [0.1, 0.15) is 16.9 Å². The molecule has 0 unspecified atom stereocenters. The van der Waals surface area contributed by atoms with Crippen molar-refractivity contribution in [1.29, 1.82) is 0 Å². The highest BCUT2D eigenvalue weighted by Gasteiger charge is 2.15. The van der Waals surface area contributed by atoms with Crippen LogP contribution >= 0.6 is 11.8 Å². The van der Waals surface area contributed by atoms with Crippen molar-refractivity contribution in [2.45, 2.75) is 20.8 Å². The van der Waals surface area contributed by atoms with E-state index in [1.54, 1.807) is 20.0 Å². The van der Waals surface area contributed by atoms with Gasteiger partial charge in [0.15, 0.2) is 5.82 Å². The van der Waals surface area contributed by atoms with E-state index in [0.717, 1.165) is 16.8 Å². The molecular weight excluding hydrogens is 380 g/mol. The van der Waals surface area contributed by atoms with E-state index in [-0.39, 0.29) is 35.8 Å². The van der Waals surface area contributed by atoms with Crippen molar-refractivity contribution in [3.05, 3.63) is 41.2 Å². The topological polar surface area (TPSA) is 105 Å². The zero-order chi connectivity index (χ0) is 20.7. The molecule has 3 amide bonds. The average molecular weight is 404 g/mol. The maximum absolute atomic E-state index is 12.2. The van der Waals surface area contributed by atoms with Gasteiger partial charge in [0.25, 0.3) is 0 Å². The number of benzene rings is 1. The number of rotatable bonds is 8. The van der Waals surface area contributed by atoms with Crippen LogP contribution in [-0.4, -0.2) is 52.9 Å². The van der Waals surface area contributed by atoms with Gasteiger partial charge in [-0.2, -0.15) is 0 Å². The molecule has 150 valence electrons. The number of hydrogen-bond donors (Lipinski definition) is 2. The number of carbonyl (C=O) groups is 3. The summed E-state index contributed by atoms with van der Waals surface area (Å²) in [7, 11) is 1.56. The summed E-state index contributed by atoms with van der Waals surface area (Å²) in [5.41, 5.74) is 2.73. The maximum Gasteiger partial charge on any atom is 0.243 e. The molecule has 0 spiro atoms. The molecule has 0 aliphatic rings. The molecular formula is C19H24N4O4S. The van der Waals surface area contributed by atoms with E-state index >= 15 is 0 Å². The first kappa shape index (κ1) is 21.5. The van der Waals surface area contributed by atoms with Crippen LogP contribution in [0.15, 0.2) is 28.8 Å². The van der Waals surface area contributed by atoms with Crippen molar-refractivity contribution in [2.24, 2.45) is 0 Å². The van der Waals surface area contributed by atoms with E-state index in [2.05, 4.69) is 15.8 Å². The normalized spacial score (nSPS) is 10.4. The highest BCUT2D eigenvalue weighted by atomic mass is 32.2. The number of aryl methyl sites for hydroxylation is 3. The Morgan fingerprint density at radius 3 is 2.50 bits per heavy atom. The maximum atomic E-state index is 12.2. The Labute approximate surface area is 168 Å². The fourth-order valence-electron chi connectivity index (χ4n) is 2.31. The van der Waals surface area contributed by atoms with Gasteiger partial charge in [-0.05, 0) is 38.0 Å². The number of aromatic nitrogens is 1. The first-order chi connectivity index (χ1) is 13.2. The van der Waals surface area contributed by atoms with Crippen LogP contribution in [0.5, 0.6) is 0 Å². The number of amides is 3. The second kappa shape index (κ2) is 9.93. The van der Waals surface area contributed by atoms with Crippen molar-refractivity contribution in [3.63, 3.8) is 0 Å². The molecule has 28 heavy (non-hydrogen) atoms. The molecule has 0 bridgehead atoms. The zero-order valence-electron chi connectivity index (χ0n) is 16.4. The van der Waals surface area contributed by atoms with Crippen LogP contribution in [-0.2, 0) is 14.4 Å². The molecule has 0 atom stereocenters. The molecule has 0 fully saturated rings. The SMILES string of the molecule is Cc1ccc(C)c(NC(=O)CN(C)C(=O)CSCC(=O)Nc2cc(C)on2)c1. The van der Waals surface area contributed by atoms with E-state index in [1.165, 1.54) is 16.7 Å². The smallest absolute Gasteiger partial charge is 0.243 e. The second-order valence-electron chi connectivity index (χ2n) is 6.48. The highest BCUT2D eigenvalue weighted by Crippen LogP contribution is 2.16. The van der Waals surface area contributed by atoms with Crippen molar-refractivity contribution >= 4 is 41.0 Å². The van der Waals surface area contributed by atoms with E-state index in [9.17, 15) is 14.4 Å². The number of likely N-dealkylation sites (N-methyl/N-ethyl adjacent to an activating group) is 1. The Bertz CT molecular complexity index is 865. The Balaban J connectivity index is 1.72. The lowest BCUT2D eigenvalue weighted by Crippen LogP contribution is -2.36. The minimum Gasteiger partial charge on any atom is -0.360 e. The van der Waals surface area contributed by atoms with Crippen LogP contribution in [0.3, 0.4) is 0 Å². The molecule has 1 heterocycles. The number of anilines is 2. The highest BCUT2D eigenvalue weighted by molar-refractivity contribution is 8.00. The van der Waals surface area contributed by atoms with Crippen molar-refractivity contribution in [3.8, 4) is 0 Å². The van der Waals surface area contributed by atoms with Gasteiger partial charge in [0.05, 0.1) is 18.1 Å². The quantitative estimate of drug-likeness (QED) is 0.700. The summed E-state index contributed by atoms with van der Waals surface area (Å²) < 4.78 is 4.86. The first-order valence-electron chi connectivity index (χ1n) is 8.66. The van der Waals surface area contributed by atoms with Gasteiger partial charge in [-0.25, -0.2) is 0 Å². The molecule has 0 aliphatic heterocycles. The summed E-state index contributed by atoms with van der Waals surface area (Å²) in [5.74, 6) is 0.355. The third-order valence-corrected chi connectivity index (χ3v) is 4.75. The van der Waals surface area contributed by atoms with Crippen LogP contribution in [0.4, 0.5) is 11.5 Å². The summed E-state index contributed by atoms with van der Waals surface area (Å²) in [4.78, 5) is 37.5. The molecule has 8 nitrogen and oxygen atoms in total. The van der Waals surface area contributed by atoms with Crippen molar-refractivity contribution < 1.29 is 18.9 Å². The summed E-state index contributed by atoms with van der Waals surface area (Å²) in [6, 6.07) is 7.40. The average Bonchev–Trinajstić information content (AvgIpc) is 3.02. The number of thioether (sulfide) groups is 1. The van der Waals surface area contributed by atoms with E-state index in [1.807, 2.05) is 32.0 Å². The zero-order valence-corrected chi connectivity index (χ0v) is 17.2. The van der Waals surface area contributed by atoms with Crippen LogP contribution in [0.25, 0.3) is 0 Å². The minimum atomic E-state index is -0.276. The number of nitrogens with zero attached hydrogens (tertiary/aromatic N) is 2. The van der Waals surface area contributed by atoms with E-state index < -0.39 is 0 Å². The van der Waals surface area contributed by atoms with Gasteiger partial charge in [-0.1, -0.05) is 17.3 Å². The summed E-state index contributed by atoms with van der Waals surface area (Å²) in [6.07, 6.45) is 0. The largest absolute Gasteiger partial charge is 0.360 e. The molecule has 0 aliphatic carbocycles. The number of nitrogens with one attached hydrogen (secondary N) is 2. The standard InChI is InChI=1S/C19H24N4O4S/c1-12-5-6-13(2)15(7-12)20-17(24)9-23(4)19(26)11-28-10-18(25)21-16-8-14(3)27-22-16/h5-8H,9-11H2,1-4H3,(H,20,24)(H,21,22,25). The van der Waals surface area contributed by atoms with Gasteiger partial charge in [0.2, 0.25) is 17.7 Å². The van der Waals surface area contributed by atoms with Crippen molar-refractivity contribution in [1.82, 2.24) is 10.1 Å². The van der Waals surface area contributed by atoms with Gasteiger partial charge in [0, 0.05) is 18.8 Å². The molecule has 2 aromatic rings. The monoisotopic (exact) mass is 404 g/mol. The van der Waals surface area contributed by atoms with Gasteiger partial charge < -0.3 is 20.1 Å². The Hall–Kier alpha value is -2.81. The van der Waals surface area contributed by atoms with Crippen LogP contribution in [0, 0.1) is 20.8 Å². The molecule has 0 saturated carbocycles. The molecule has 1 aromatic heterocycles. The third kappa shape index (κ3) is 6.73. The Kier molecular flexibility index (Phi) is 7.62. The predicted molar refractivity (Wildman–Crippen MR) is 109 cm³/mol. The third-order valence-electron chi connectivity index (χ3n) is 3.83. The van der Waals surface area contributed by atoms with Crippen LogP contribution < -0.4 is 10.6 Å².